The van der Waals surface area contributed by atoms with Crippen LogP contribution in [0.25, 0.3) is 10.9 Å². The number of aromatic nitrogens is 1. The third-order valence-corrected chi connectivity index (χ3v) is 7.23. The predicted molar refractivity (Wildman–Crippen MR) is 108 cm³/mol. The molecule has 1 fully saturated rings. The third kappa shape index (κ3) is 3.29. The monoisotopic (exact) mass is 383 g/mol. The summed E-state index contributed by atoms with van der Waals surface area (Å²) >= 11 is 0. The molecule has 142 valence electrons. The third-order valence-electron chi connectivity index (χ3n) is 5.54. The Hall–Kier alpha value is -2.15. The van der Waals surface area contributed by atoms with Crippen molar-refractivity contribution in [3.8, 4) is 0 Å². The summed E-state index contributed by atoms with van der Waals surface area (Å²) in [5.74, 6) is 0. The maximum absolute atomic E-state index is 13.2. The second-order valence-corrected chi connectivity index (χ2v) is 9.05. The number of para-hydroxylation sites is 1. The Kier molecular flexibility index (Phi) is 4.80. The van der Waals surface area contributed by atoms with Gasteiger partial charge in [0.25, 0.3) is 10.0 Å². The van der Waals surface area contributed by atoms with E-state index in [0.29, 0.717) is 4.90 Å². The molecule has 2 heterocycles. The minimum atomic E-state index is -3.63. The van der Waals surface area contributed by atoms with Crippen LogP contribution in [0.5, 0.6) is 0 Å². The smallest absolute Gasteiger partial charge is 0.268 e. The molecule has 0 amide bonds. The van der Waals surface area contributed by atoms with E-state index < -0.39 is 10.0 Å². The number of rotatable bonds is 4. The van der Waals surface area contributed by atoms with Crippen molar-refractivity contribution in [1.82, 2.24) is 13.8 Å². The second kappa shape index (κ2) is 7.11. The lowest BCUT2D eigenvalue weighted by Crippen LogP contribution is -2.45. The van der Waals surface area contributed by atoms with E-state index in [-0.39, 0.29) is 6.04 Å². The van der Waals surface area contributed by atoms with E-state index in [1.165, 1.54) is 3.97 Å². The molecule has 0 radical (unpaired) electrons. The predicted octanol–water partition coefficient (Wildman–Crippen LogP) is 3.19. The number of hydrogen-bond donors (Lipinski definition) is 0. The SMILES string of the molecule is C[C@@H](c1cn(S(=O)(=O)c2ccccc2)c2ccccc12)N1CCN(C)CC1. The van der Waals surface area contributed by atoms with Crippen LogP contribution in [0.3, 0.4) is 0 Å². The summed E-state index contributed by atoms with van der Waals surface area (Å²) in [6, 6.07) is 16.6. The van der Waals surface area contributed by atoms with Crippen LogP contribution >= 0.6 is 0 Å². The Morgan fingerprint density at radius 1 is 0.889 bits per heavy atom. The quantitative estimate of drug-likeness (QED) is 0.694. The molecule has 4 rings (SSSR count). The molecule has 2 aromatic carbocycles. The van der Waals surface area contributed by atoms with Gasteiger partial charge in [0.1, 0.15) is 0 Å². The highest BCUT2D eigenvalue weighted by molar-refractivity contribution is 7.90. The fraction of sp³-hybridized carbons (Fsp3) is 0.333. The van der Waals surface area contributed by atoms with Crippen LogP contribution in [0.15, 0.2) is 65.7 Å². The molecule has 3 aromatic rings. The van der Waals surface area contributed by atoms with Crippen LogP contribution < -0.4 is 0 Å². The van der Waals surface area contributed by atoms with Gasteiger partial charge in [0.2, 0.25) is 0 Å². The number of benzene rings is 2. The average Bonchev–Trinajstić information content (AvgIpc) is 3.09. The van der Waals surface area contributed by atoms with Crippen LogP contribution in [0, 0.1) is 0 Å². The summed E-state index contributed by atoms with van der Waals surface area (Å²) in [5.41, 5.74) is 1.80. The van der Waals surface area contributed by atoms with Crippen molar-refractivity contribution < 1.29 is 8.42 Å². The van der Waals surface area contributed by atoms with E-state index in [2.05, 4.69) is 23.8 Å². The Labute approximate surface area is 160 Å². The minimum Gasteiger partial charge on any atom is -0.304 e. The van der Waals surface area contributed by atoms with E-state index >= 15 is 0 Å². The highest BCUT2D eigenvalue weighted by Crippen LogP contribution is 2.32. The van der Waals surface area contributed by atoms with Crippen molar-refractivity contribution in [3.05, 3.63) is 66.4 Å². The van der Waals surface area contributed by atoms with Crippen LogP contribution in [0.4, 0.5) is 0 Å². The van der Waals surface area contributed by atoms with Crippen LogP contribution in [-0.4, -0.2) is 55.4 Å². The number of fused-ring (bicyclic) bond motifs is 1. The first kappa shape index (κ1) is 18.2. The van der Waals surface area contributed by atoms with Gasteiger partial charge in [-0.2, -0.15) is 0 Å². The summed E-state index contributed by atoms with van der Waals surface area (Å²) in [6.07, 6.45) is 1.82. The Morgan fingerprint density at radius 2 is 1.52 bits per heavy atom. The zero-order chi connectivity index (χ0) is 19.0. The van der Waals surface area contributed by atoms with Gasteiger partial charge in [-0.1, -0.05) is 36.4 Å². The average molecular weight is 384 g/mol. The van der Waals surface area contributed by atoms with Gasteiger partial charge in [0, 0.05) is 43.8 Å². The molecular formula is C21H25N3O2S. The molecule has 0 spiro atoms. The van der Waals surface area contributed by atoms with Crippen LogP contribution in [0.1, 0.15) is 18.5 Å². The van der Waals surface area contributed by atoms with Crippen molar-refractivity contribution >= 4 is 20.9 Å². The van der Waals surface area contributed by atoms with E-state index in [9.17, 15) is 8.42 Å². The minimum absolute atomic E-state index is 0.163. The highest BCUT2D eigenvalue weighted by Gasteiger charge is 2.26. The molecule has 1 saturated heterocycles. The molecule has 6 heteroatoms. The number of piperazine rings is 1. The molecule has 1 aliphatic heterocycles. The highest BCUT2D eigenvalue weighted by atomic mass is 32.2. The van der Waals surface area contributed by atoms with Gasteiger partial charge in [-0.25, -0.2) is 12.4 Å². The number of nitrogens with zero attached hydrogens (tertiary/aromatic N) is 3. The molecule has 5 nitrogen and oxygen atoms in total. The molecule has 0 unspecified atom stereocenters. The Balaban J connectivity index is 1.80. The van der Waals surface area contributed by atoms with E-state index in [1.54, 1.807) is 24.3 Å². The fourth-order valence-corrected chi connectivity index (χ4v) is 5.22. The maximum Gasteiger partial charge on any atom is 0.268 e. The van der Waals surface area contributed by atoms with Crippen molar-refractivity contribution in [2.75, 3.05) is 33.2 Å². The largest absolute Gasteiger partial charge is 0.304 e. The van der Waals surface area contributed by atoms with Gasteiger partial charge in [-0.15, -0.1) is 0 Å². The lowest BCUT2D eigenvalue weighted by molar-refractivity contribution is 0.119. The molecule has 0 aliphatic carbocycles. The maximum atomic E-state index is 13.2. The zero-order valence-corrected chi connectivity index (χ0v) is 16.6. The van der Waals surface area contributed by atoms with Crippen molar-refractivity contribution in [1.29, 1.82) is 0 Å². The van der Waals surface area contributed by atoms with Crippen LogP contribution in [0.2, 0.25) is 0 Å². The lowest BCUT2D eigenvalue weighted by atomic mass is 10.1. The van der Waals surface area contributed by atoms with Gasteiger partial charge in [-0.3, -0.25) is 4.90 Å². The van der Waals surface area contributed by atoms with E-state index in [4.69, 9.17) is 0 Å². The molecule has 0 N–H and O–H groups in total. The van der Waals surface area contributed by atoms with Gasteiger partial charge in [-0.05, 0) is 37.7 Å². The molecule has 0 saturated carbocycles. The summed E-state index contributed by atoms with van der Waals surface area (Å²) in [5, 5.41) is 1.00. The van der Waals surface area contributed by atoms with Crippen molar-refractivity contribution in [2.45, 2.75) is 17.9 Å². The van der Waals surface area contributed by atoms with E-state index in [1.807, 2.05) is 36.5 Å². The lowest BCUT2D eigenvalue weighted by Gasteiger charge is -2.36. The topological polar surface area (TPSA) is 45.6 Å². The Bertz CT molecular complexity index is 1040. The van der Waals surface area contributed by atoms with Gasteiger partial charge < -0.3 is 4.90 Å². The number of hydrogen-bond acceptors (Lipinski definition) is 4. The first-order valence-corrected chi connectivity index (χ1v) is 10.8. The number of likely N-dealkylation sites (N-methyl/N-ethyl adjacent to an activating group) is 1. The van der Waals surface area contributed by atoms with Crippen LogP contribution in [-0.2, 0) is 10.0 Å². The van der Waals surface area contributed by atoms with Crippen molar-refractivity contribution in [2.24, 2.45) is 0 Å². The van der Waals surface area contributed by atoms with Gasteiger partial charge in [0.05, 0.1) is 10.4 Å². The first-order valence-electron chi connectivity index (χ1n) is 9.31. The second-order valence-electron chi connectivity index (χ2n) is 7.23. The standard InChI is InChI=1S/C21H25N3O2S/c1-17(23-14-12-22(2)13-15-23)20-16-24(21-11-7-6-10-19(20)21)27(25,26)18-8-4-3-5-9-18/h3-11,16-17H,12-15H2,1-2H3/t17-/m0/s1. The van der Waals surface area contributed by atoms with Crippen molar-refractivity contribution in [3.63, 3.8) is 0 Å². The van der Waals surface area contributed by atoms with Gasteiger partial charge >= 0.3 is 0 Å². The summed E-state index contributed by atoms with van der Waals surface area (Å²) in [4.78, 5) is 5.07. The Morgan fingerprint density at radius 3 is 2.22 bits per heavy atom. The first-order chi connectivity index (χ1) is 13.0. The molecule has 1 aliphatic rings. The summed E-state index contributed by atoms with van der Waals surface area (Å²) in [6.45, 7) is 6.22. The summed E-state index contributed by atoms with van der Waals surface area (Å²) in [7, 11) is -1.49. The van der Waals surface area contributed by atoms with Gasteiger partial charge in [0.15, 0.2) is 0 Å². The molecule has 0 bridgehead atoms. The normalized spacial score (nSPS) is 18.0. The molecular weight excluding hydrogens is 358 g/mol. The fourth-order valence-electron chi connectivity index (χ4n) is 3.82. The zero-order valence-electron chi connectivity index (χ0n) is 15.7. The molecule has 1 aromatic heterocycles. The molecule has 27 heavy (non-hydrogen) atoms. The molecule has 1 atom stereocenters. The van der Waals surface area contributed by atoms with E-state index in [0.717, 1.165) is 42.6 Å². The summed E-state index contributed by atoms with van der Waals surface area (Å²) < 4.78 is 27.9.